The van der Waals surface area contributed by atoms with E-state index in [-0.39, 0.29) is 18.4 Å². The van der Waals surface area contributed by atoms with Crippen molar-refractivity contribution in [3.8, 4) is 5.75 Å². The normalized spacial score (nSPS) is 11.0. The Labute approximate surface area is 155 Å². The number of carbonyl (C=O) groups is 1. The lowest BCUT2D eigenvalue weighted by Crippen LogP contribution is -3.06. The third-order valence-electron chi connectivity index (χ3n) is 3.57. The van der Waals surface area contributed by atoms with Crippen LogP contribution in [0.2, 0.25) is 0 Å². The maximum atomic E-state index is 12.6. The van der Waals surface area contributed by atoms with Crippen molar-refractivity contribution in [1.29, 1.82) is 0 Å². The molecule has 0 aromatic heterocycles. The van der Waals surface area contributed by atoms with Gasteiger partial charge in [-0.1, -0.05) is 42.5 Å². The molecule has 0 radical (unpaired) electrons. The van der Waals surface area contributed by atoms with Gasteiger partial charge in [-0.3, -0.25) is 0 Å². The van der Waals surface area contributed by atoms with Crippen molar-refractivity contribution < 1.29 is 31.6 Å². The minimum Gasteiger partial charge on any atom is -1.00 e. The van der Waals surface area contributed by atoms with Gasteiger partial charge in [0.1, 0.15) is 18.9 Å². The van der Waals surface area contributed by atoms with Crippen LogP contribution in [0.1, 0.15) is 11.1 Å². The van der Waals surface area contributed by atoms with Gasteiger partial charge < -0.3 is 26.8 Å². The van der Waals surface area contributed by atoms with Crippen LogP contribution < -0.4 is 22.0 Å². The first-order valence-electron chi connectivity index (χ1n) is 7.97. The van der Waals surface area contributed by atoms with E-state index in [0.29, 0.717) is 12.2 Å². The van der Waals surface area contributed by atoms with Gasteiger partial charge in [0, 0.05) is 0 Å². The molecule has 0 atom stereocenters. The Kier molecular flexibility index (Phi) is 8.75. The molecule has 2 aromatic rings. The number of hydrogen-bond donors (Lipinski definition) is 1. The number of carbonyl (C=O) groups excluding carboxylic acids is 1. The molecule has 25 heavy (non-hydrogen) atoms. The topological polar surface area (TPSA) is 40.0 Å². The van der Waals surface area contributed by atoms with E-state index in [1.54, 1.807) is 7.11 Å². The molecule has 2 rings (SSSR count). The van der Waals surface area contributed by atoms with Gasteiger partial charge in [-0.05, 0) is 29.3 Å². The molecule has 0 aliphatic carbocycles. The summed E-state index contributed by atoms with van der Waals surface area (Å²) < 4.78 is 10.6. The number of ether oxygens (including phenoxy) is 2. The molecule has 134 valence electrons. The molecular weight excluding hydrogens is 338 g/mol. The van der Waals surface area contributed by atoms with Gasteiger partial charge in [-0.2, -0.15) is 0 Å². The second-order valence-electron chi connectivity index (χ2n) is 5.79. The summed E-state index contributed by atoms with van der Waals surface area (Å²) in [5.41, 5.74) is 2.30. The average Bonchev–Trinajstić information content (AvgIpc) is 2.60. The van der Waals surface area contributed by atoms with E-state index >= 15 is 0 Å². The molecule has 0 bridgehead atoms. The summed E-state index contributed by atoms with van der Waals surface area (Å²) in [5, 5.41) is 0. The van der Waals surface area contributed by atoms with Crippen molar-refractivity contribution in [2.75, 3.05) is 34.4 Å². The van der Waals surface area contributed by atoms with Gasteiger partial charge in [0.2, 0.25) is 0 Å². The number of hydrogen-bond acceptors (Lipinski definition) is 3. The SMILES string of the molecule is COc1ccc(/C(=C\c2ccccc2)C(=O)OCC[NH+](C)C)cc1.[Cl-]. The van der Waals surface area contributed by atoms with Crippen molar-refractivity contribution in [2.45, 2.75) is 0 Å². The summed E-state index contributed by atoms with van der Waals surface area (Å²) in [7, 11) is 5.67. The standard InChI is InChI=1S/C20H23NO3.ClH/c1-21(2)13-14-24-20(22)19(15-16-7-5-4-6-8-16)17-9-11-18(23-3)12-10-17;/h4-12,15H,13-14H2,1-3H3;1H/b19-15+;. The highest BCUT2D eigenvalue weighted by atomic mass is 35.5. The third kappa shape index (κ3) is 6.61. The highest BCUT2D eigenvalue weighted by Crippen LogP contribution is 2.22. The molecule has 0 saturated carbocycles. The minimum atomic E-state index is -0.315. The van der Waals surface area contributed by atoms with E-state index in [2.05, 4.69) is 0 Å². The number of nitrogens with one attached hydrogen (secondary N) is 1. The van der Waals surface area contributed by atoms with Crippen LogP contribution in [0.5, 0.6) is 5.75 Å². The lowest BCUT2D eigenvalue weighted by molar-refractivity contribution is -0.858. The lowest BCUT2D eigenvalue weighted by Gasteiger charge is -2.11. The summed E-state index contributed by atoms with van der Waals surface area (Å²) in [4.78, 5) is 13.8. The molecule has 0 saturated heterocycles. The maximum Gasteiger partial charge on any atom is 0.338 e. The van der Waals surface area contributed by atoms with Gasteiger partial charge in [0.05, 0.1) is 26.8 Å². The van der Waals surface area contributed by atoms with Crippen molar-refractivity contribution in [1.82, 2.24) is 0 Å². The summed E-state index contributed by atoms with van der Waals surface area (Å²) in [6.45, 7) is 1.16. The third-order valence-corrected chi connectivity index (χ3v) is 3.57. The first-order valence-corrected chi connectivity index (χ1v) is 7.97. The van der Waals surface area contributed by atoms with Crippen LogP contribution in [-0.4, -0.2) is 40.3 Å². The largest absolute Gasteiger partial charge is 1.00 e. The Morgan fingerprint density at radius 3 is 2.24 bits per heavy atom. The Bertz CT molecular complexity index is 682. The van der Waals surface area contributed by atoms with Crippen molar-refractivity contribution in [3.63, 3.8) is 0 Å². The fourth-order valence-electron chi connectivity index (χ4n) is 2.17. The quantitative estimate of drug-likeness (QED) is 0.388. The predicted molar refractivity (Wildman–Crippen MR) is 95.9 cm³/mol. The van der Waals surface area contributed by atoms with E-state index in [0.717, 1.165) is 23.4 Å². The van der Waals surface area contributed by atoms with Gasteiger partial charge in [-0.15, -0.1) is 0 Å². The van der Waals surface area contributed by atoms with Gasteiger partial charge in [0.25, 0.3) is 0 Å². The molecule has 0 fully saturated rings. The molecule has 0 spiro atoms. The number of rotatable bonds is 7. The zero-order valence-corrected chi connectivity index (χ0v) is 15.5. The first-order chi connectivity index (χ1) is 11.6. The number of esters is 1. The van der Waals surface area contributed by atoms with Crippen LogP contribution in [0.15, 0.2) is 54.6 Å². The van der Waals surface area contributed by atoms with Crippen molar-refractivity contribution in [2.24, 2.45) is 0 Å². The number of benzene rings is 2. The van der Waals surface area contributed by atoms with E-state index in [1.165, 1.54) is 4.90 Å². The number of quaternary nitrogens is 1. The van der Waals surface area contributed by atoms with Crippen LogP contribution in [-0.2, 0) is 9.53 Å². The molecular formula is C20H24ClNO3. The van der Waals surface area contributed by atoms with Crippen molar-refractivity contribution >= 4 is 17.6 Å². The molecule has 4 nitrogen and oxygen atoms in total. The number of methoxy groups -OCH3 is 1. The average molecular weight is 362 g/mol. The first kappa shape index (κ1) is 20.7. The molecule has 1 N–H and O–H groups in total. The molecule has 5 heteroatoms. The van der Waals surface area contributed by atoms with Crippen LogP contribution >= 0.6 is 0 Å². The fourth-order valence-corrected chi connectivity index (χ4v) is 2.17. The number of likely N-dealkylation sites (N-methyl/N-ethyl adjacent to an activating group) is 1. The van der Waals surface area contributed by atoms with E-state index in [1.807, 2.05) is 74.8 Å². The zero-order valence-electron chi connectivity index (χ0n) is 14.8. The molecule has 0 aliphatic heterocycles. The van der Waals surface area contributed by atoms with Crippen LogP contribution in [0.3, 0.4) is 0 Å². The van der Waals surface area contributed by atoms with E-state index < -0.39 is 0 Å². The van der Waals surface area contributed by atoms with E-state index in [9.17, 15) is 4.79 Å². The van der Waals surface area contributed by atoms with Crippen LogP contribution in [0, 0.1) is 0 Å². The highest BCUT2D eigenvalue weighted by Gasteiger charge is 2.14. The molecule has 0 unspecified atom stereocenters. The Morgan fingerprint density at radius 1 is 1.04 bits per heavy atom. The van der Waals surface area contributed by atoms with Gasteiger partial charge in [-0.25, -0.2) is 4.79 Å². The van der Waals surface area contributed by atoms with Crippen molar-refractivity contribution in [3.05, 3.63) is 65.7 Å². The smallest absolute Gasteiger partial charge is 0.338 e. The molecule has 0 amide bonds. The highest BCUT2D eigenvalue weighted by molar-refractivity contribution is 6.21. The Morgan fingerprint density at radius 2 is 1.68 bits per heavy atom. The minimum absolute atomic E-state index is 0. The maximum absolute atomic E-state index is 12.6. The summed E-state index contributed by atoms with van der Waals surface area (Å²) in [5.74, 6) is 0.438. The summed E-state index contributed by atoms with van der Waals surface area (Å²) in [6.07, 6.45) is 1.85. The van der Waals surface area contributed by atoms with Gasteiger partial charge >= 0.3 is 5.97 Å². The number of halogens is 1. The summed E-state index contributed by atoms with van der Waals surface area (Å²) in [6, 6.07) is 17.2. The second kappa shape index (κ2) is 10.5. The fraction of sp³-hybridized carbons (Fsp3) is 0.250. The monoisotopic (exact) mass is 361 g/mol. The Balaban J connectivity index is 0.00000312. The second-order valence-corrected chi connectivity index (χ2v) is 5.79. The molecule has 0 aliphatic rings. The zero-order chi connectivity index (χ0) is 17.4. The Hall–Kier alpha value is -2.30. The predicted octanol–water partition coefficient (Wildman–Crippen LogP) is -1.07. The van der Waals surface area contributed by atoms with E-state index in [4.69, 9.17) is 9.47 Å². The lowest BCUT2D eigenvalue weighted by atomic mass is 10.0. The molecule has 2 aromatic carbocycles. The summed E-state index contributed by atoms with van der Waals surface area (Å²) >= 11 is 0. The van der Waals surface area contributed by atoms with Crippen LogP contribution in [0.4, 0.5) is 0 Å². The molecule has 0 heterocycles. The van der Waals surface area contributed by atoms with Crippen LogP contribution in [0.25, 0.3) is 11.6 Å². The van der Waals surface area contributed by atoms with Gasteiger partial charge in [0.15, 0.2) is 0 Å².